The normalized spacial score (nSPS) is 9.96. The third kappa shape index (κ3) is 15.4. The SMILES string of the molecule is COCCCNc1nc(NC(C)C)nc(SC)n1.[Na+].[O-][Cl+2]([O-])[O-]. The van der Waals surface area contributed by atoms with Crippen LogP contribution in [0, 0.1) is 10.8 Å². The summed E-state index contributed by atoms with van der Waals surface area (Å²) in [5.74, 6) is 1.21. The molecule has 1 heterocycles. The molecular formula is C11H21ClN5NaO4S. The van der Waals surface area contributed by atoms with E-state index < -0.39 is 10.8 Å². The molecule has 0 fully saturated rings. The van der Waals surface area contributed by atoms with Crippen molar-refractivity contribution in [1.82, 2.24) is 15.0 Å². The molecule has 0 radical (unpaired) electrons. The summed E-state index contributed by atoms with van der Waals surface area (Å²) in [5.41, 5.74) is 0. The number of methoxy groups -OCH3 is 1. The molecule has 1 aromatic heterocycles. The second-order valence-corrected chi connectivity index (χ2v) is 5.38. The number of hydrogen-bond acceptors (Lipinski definition) is 10. The zero-order valence-corrected chi connectivity index (χ0v) is 17.5. The van der Waals surface area contributed by atoms with Crippen LogP contribution in [-0.2, 0) is 4.74 Å². The molecule has 2 N–H and O–H groups in total. The summed E-state index contributed by atoms with van der Waals surface area (Å²) in [5, 5.41) is 7.06. The average molecular weight is 378 g/mol. The number of thioether (sulfide) groups is 1. The summed E-state index contributed by atoms with van der Waals surface area (Å²) in [6.07, 6.45) is 2.87. The van der Waals surface area contributed by atoms with Gasteiger partial charge in [0.1, 0.15) is 0 Å². The van der Waals surface area contributed by atoms with Crippen LogP contribution in [0.15, 0.2) is 5.16 Å². The van der Waals surface area contributed by atoms with Crippen molar-refractivity contribution in [3.05, 3.63) is 0 Å². The Labute approximate surface area is 165 Å². The van der Waals surface area contributed by atoms with Crippen LogP contribution < -0.4 is 54.2 Å². The molecule has 12 heteroatoms. The number of nitrogens with zero attached hydrogens (tertiary/aromatic N) is 3. The van der Waals surface area contributed by atoms with E-state index >= 15 is 0 Å². The number of rotatable bonds is 8. The Kier molecular flexibility index (Phi) is 17.2. The largest absolute Gasteiger partial charge is 1.00 e. The number of hydrogen-bond donors (Lipinski definition) is 2. The van der Waals surface area contributed by atoms with Crippen molar-refractivity contribution in [3.63, 3.8) is 0 Å². The van der Waals surface area contributed by atoms with Crippen LogP contribution in [-0.4, -0.2) is 47.5 Å². The summed E-state index contributed by atoms with van der Waals surface area (Å²) in [6, 6.07) is 0.295. The minimum Gasteiger partial charge on any atom is -0.385 e. The quantitative estimate of drug-likeness (QED) is 0.258. The Morgan fingerprint density at radius 2 is 1.74 bits per heavy atom. The minimum atomic E-state index is -2.85. The summed E-state index contributed by atoms with van der Waals surface area (Å²) in [6.45, 7) is 5.61. The van der Waals surface area contributed by atoms with Crippen LogP contribution in [0.1, 0.15) is 20.3 Å². The van der Waals surface area contributed by atoms with E-state index in [4.69, 9.17) is 18.7 Å². The number of halogens is 1. The second kappa shape index (κ2) is 15.6. The van der Waals surface area contributed by atoms with Gasteiger partial charge >= 0.3 is 29.6 Å². The van der Waals surface area contributed by atoms with E-state index in [1.807, 2.05) is 20.1 Å². The number of anilines is 2. The molecule has 0 unspecified atom stereocenters. The van der Waals surface area contributed by atoms with Crippen molar-refractivity contribution in [1.29, 1.82) is 0 Å². The van der Waals surface area contributed by atoms with Crippen LogP contribution >= 0.6 is 11.8 Å². The van der Waals surface area contributed by atoms with Gasteiger partial charge in [-0.3, -0.25) is 0 Å². The maximum Gasteiger partial charge on any atom is 1.00 e. The summed E-state index contributed by atoms with van der Waals surface area (Å²) in [4.78, 5) is 12.9. The van der Waals surface area contributed by atoms with Gasteiger partial charge in [-0.2, -0.15) is 15.0 Å². The molecule has 0 saturated heterocycles. The van der Waals surface area contributed by atoms with Crippen molar-refractivity contribution < 1.29 is 59.1 Å². The monoisotopic (exact) mass is 377 g/mol. The van der Waals surface area contributed by atoms with E-state index in [9.17, 15) is 0 Å². The van der Waals surface area contributed by atoms with Crippen molar-refractivity contribution in [2.75, 3.05) is 37.2 Å². The molecule has 23 heavy (non-hydrogen) atoms. The molecule has 0 aliphatic rings. The molecule has 128 valence electrons. The first-order chi connectivity index (χ1) is 10.4. The van der Waals surface area contributed by atoms with E-state index in [0.717, 1.165) is 19.6 Å². The first-order valence-corrected chi connectivity index (χ1v) is 8.56. The van der Waals surface area contributed by atoms with E-state index in [2.05, 4.69) is 25.6 Å². The van der Waals surface area contributed by atoms with E-state index in [1.165, 1.54) is 11.8 Å². The maximum absolute atomic E-state index is 8.41. The molecule has 9 nitrogen and oxygen atoms in total. The predicted octanol–water partition coefficient (Wildman–Crippen LogP) is -4.70. The maximum atomic E-state index is 8.41. The first-order valence-electron chi connectivity index (χ1n) is 6.41. The van der Waals surface area contributed by atoms with Crippen LogP contribution in [0.3, 0.4) is 0 Å². The molecule has 0 aromatic carbocycles. The number of ether oxygens (including phenoxy) is 1. The van der Waals surface area contributed by atoms with Crippen molar-refractivity contribution in [2.45, 2.75) is 31.5 Å². The molecule has 0 spiro atoms. The van der Waals surface area contributed by atoms with Gasteiger partial charge < -0.3 is 29.3 Å². The Morgan fingerprint density at radius 1 is 1.17 bits per heavy atom. The molecular weight excluding hydrogens is 357 g/mol. The third-order valence-corrected chi connectivity index (χ3v) is 2.57. The van der Waals surface area contributed by atoms with Crippen molar-refractivity contribution in [2.24, 2.45) is 0 Å². The smallest absolute Gasteiger partial charge is 0.385 e. The average Bonchev–Trinajstić information content (AvgIpc) is 2.42. The molecule has 0 amide bonds. The Bertz CT molecular complexity index is 417. The first kappa shape index (κ1) is 25.3. The Hall–Kier alpha value is 0.0900. The van der Waals surface area contributed by atoms with Gasteiger partial charge in [-0.25, -0.2) is 0 Å². The van der Waals surface area contributed by atoms with Gasteiger partial charge in [-0.05, 0) is 26.5 Å². The van der Waals surface area contributed by atoms with Gasteiger partial charge in [-0.15, -0.1) is 0 Å². The predicted molar refractivity (Wildman–Crippen MR) is 75.3 cm³/mol. The van der Waals surface area contributed by atoms with Crippen molar-refractivity contribution in [3.8, 4) is 0 Å². The molecule has 0 aliphatic carbocycles. The van der Waals surface area contributed by atoms with Crippen LogP contribution in [0.4, 0.5) is 11.9 Å². The van der Waals surface area contributed by atoms with Gasteiger partial charge in [0.15, 0.2) is 5.16 Å². The fourth-order valence-electron chi connectivity index (χ4n) is 1.27. The van der Waals surface area contributed by atoms with Crippen LogP contribution in [0.25, 0.3) is 0 Å². The number of nitrogens with one attached hydrogen (secondary N) is 2. The van der Waals surface area contributed by atoms with Gasteiger partial charge in [-0.1, -0.05) is 11.8 Å². The fourth-order valence-corrected chi connectivity index (χ4v) is 1.62. The standard InChI is InChI=1S/C11H21N5OS.ClO3.Na/c1-8(2)13-10-14-9(12-6-5-7-17-3)15-11(16-10)18-4;2-1(3)4;/h8H,5-7H2,1-4H3,(H2,12,13,14,15,16);;/q;-1;+1. The van der Waals surface area contributed by atoms with E-state index in [0.29, 0.717) is 23.1 Å². The minimum absolute atomic E-state index is 0. The van der Waals surface area contributed by atoms with Crippen LogP contribution in [0.2, 0.25) is 0 Å². The topological polar surface area (TPSA) is 141 Å². The zero-order chi connectivity index (χ0) is 17.0. The molecule has 1 rings (SSSR count). The molecule has 0 saturated carbocycles. The van der Waals surface area contributed by atoms with Crippen molar-refractivity contribution >= 4 is 23.7 Å². The van der Waals surface area contributed by atoms with E-state index in [1.54, 1.807) is 7.11 Å². The molecule has 0 bridgehead atoms. The summed E-state index contributed by atoms with van der Waals surface area (Å²) >= 11 is 1.50. The Morgan fingerprint density at radius 3 is 2.22 bits per heavy atom. The van der Waals surface area contributed by atoms with Gasteiger partial charge in [0.2, 0.25) is 11.9 Å². The fraction of sp³-hybridized carbons (Fsp3) is 0.727. The van der Waals surface area contributed by atoms with Crippen LogP contribution in [0.5, 0.6) is 0 Å². The number of aromatic nitrogens is 3. The van der Waals surface area contributed by atoms with Gasteiger partial charge in [0.25, 0.3) is 0 Å². The summed E-state index contributed by atoms with van der Waals surface area (Å²) < 4.78 is 30.2. The van der Waals surface area contributed by atoms with Gasteiger partial charge in [0.05, 0.1) is 10.8 Å². The third-order valence-electron chi connectivity index (χ3n) is 2.02. The van der Waals surface area contributed by atoms with E-state index in [-0.39, 0.29) is 29.6 Å². The molecule has 1 aromatic rings. The second-order valence-electron chi connectivity index (χ2n) is 4.23. The molecule has 0 atom stereocenters. The zero-order valence-electron chi connectivity index (χ0n) is 14.0. The van der Waals surface area contributed by atoms with Gasteiger partial charge in [0, 0.05) is 26.3 Å². The molecule has 0 aliphatic heterocycles. The summed E-state index contributed by atoms with van der Waals surface area (Å²) in [7, 11) is -1.16. The Balaban J connectivity index is 0.